The Morgan fingerprint density at radius 1 is 0.952 bits per heavy atom. The second-order valence-corrected chi connectivity index (χ2v) is 5.06. The van der Waals surface area contributed by atoms with Crippen LogP contribution in [0, 0.1) is 24.4 Å². The average molecular weight is 293 g/mol. The van der Waals surface area contributed by atoms with Gasteiger partial charge in [0.15, 0.2) is 0 Å². The van der Waals surface area contributed by atoms with Gasteiger partial charge in [-0.25, -0.2) is 13.2 Å². The van der Waals surface area contributed by atoms with Gasteiger partial charge in [-0.1, -0.05) is 13.0 Å². The molecule has 0 bridgehead atoms. The van der Waals surface area contributed by atoms with E-state index in [4.69, 9.17) is 0 Å². The molecule has 0 radical (unpaired) electrons. The van der Waals surface area contributed by atoms with Gasteiger partial charge in [-0.2, -0.15) is 0 Å². The largest absolute Gasteiger partial charge is 0.313 e. The maximum atomic E-state index is 14.1. The Kier molecular flexibility index (Phi) is 5.02. The molecule has 0 fully saturated rings. The summed E-state index contributed by atoms with van der Waals surface area (Å²) < 4.78 is 41.3. The highest BCUT2D eigenvalue weighted by Gasteiger charge is 2.13. The van der Waals surface area contributed by atoms with E-state index in [1.165, 1.54) is 19.1 Å². The van der Waals surface area contributed by atoms with E-state index in [9.17, 15) is 13.2 Å². The number of aryl methyl sites for hydroxylation is 1. The summed E-state index contributed by atoms with van der Waals surface area (Å²) in [6.45, 7) is 4.82. The maximum absolute atomic E-state index is 14.1. The van der Waals surface area contributed by atoms with Gasteiger partial charge in [0.1, 0.15) is 17.5 Å². The molecule has 0 unspecified atom stereocenters. The van der Waals surface area contributed by atoms with Crippen LogP contribution in [0.15, 0.2) is 30.3 Å². The minimum atomic E-state index is -0.545. The van der Waals surface area contributed by atoms with Gasteiger partial charge in [0.05, 0.1) is 0 Å². The summed E-state index contributed by atoms with van der Waals surface area (Å²) in [5, 5.41) is 3.19. The molecule has 0 atom stereocenters. The first-order chi connectivity index (χ1) is 10.0. The third-order valence-electron chi connectivity index (χ3n) is 3.35. The molecule has 112 valence electrons. The fourth-order valence-corrected chi connectivity index (χ4v) is 2.21. The van der Waals surface area contributed by atoms with Gasteiger partial charge in [-0.05, 0) is 60.8 Å². The molecular formula is C17H18F3N. The zero-order valence-corrected chi connectivity index (χ0v) is 12.1. The number of nitrogens with one attached hydrogen (secondary N) is 1. The highest BCUT2D eigenvalue weighted by Crippen LogP contribution is 2.29. The molecule has 0 saturated carbocycles. The van der Waals surface area contributed by atoms with Crippen LogP contribution in [0.1, 0.15) is 24.5 Å². The van der Waals surface area contributed by atoms with Gasteiger partial charge in [-0.15, -0.1) is 0 Å². The Hall–Kier alpha value is -1.81. The number of hydrogen-bond donors (Lipinski definition) is 1. The van der Waals surface area contributed by atoms with Gasteiger partial charge in [0, 0.05) is 12.1 Å². The normalized spacial score (nSPS) is 10.9. The third kappa shape index (κ3) is 3.64. The van der Waals surface area contributed by atoms with Crippen LogP contribution in [-0.2, 0) is 6.54 Å². The third-order valence-corrected chi connectivity index (χ3v) is 3.35. The summed E-state index contributed by atoms with van der Waals surface area (Å²) in [4.78, 5) is 0. The smallest absolute Gasteiger partial charge is 0.131 e. The number of rotatable bonds is 5. The summed E-state index contributed by atoms with van der Waals surface area (Å²) >= 11 is 0. The quantitative estimate of drug-likeness (QED) is 0.796. The maximum Gasteiger partial charge on any atom is 0.131 e. The molecule has 2 aromatic rings. The summed E-state index contributed by atoms with van der Waals surface area (Å²) in [7, 11) is 0. The van der Waals surface area contributed by atoms with Crippen molar-refractivity contribution in [3.05, 3.63) is 58.9 Å². The van der Waals surface area contributed by atoms with Gasteiger partial charge in [-0.3, -0.25) is 0 Å². The van der Waals surface area contributed by atoms with Crippen molar-refractivity contribution < 1.29 is 13.2 Å². The molecule has 0 aliphatic rings. The van der Waals surface area contributed by atoms with Crippen molar-refractivity contribution in [2.24, 2.45) is 0 Å². The van der Waals surface area contributed by atoms with E-state index in [2.05, 4.69) is 5.32 Å². The van der Waals surface area contributed by atoms with E-state index < -0.39 is 17.5 Å². The molecule has 1 N–H and O–H groups in total. The topological polar surface area (TPSA) is 12.0 Å². The molecule has 2 rings (SSSR count). The Morgan fingerprint density at radius 3 is 2.43 bits per heavy atom. The molecule has 0 aliphatic heterocycles. The van der Waals surface area contributed by atoms with Gasteiger partial charge < -0.3 is 5.32 Å². The van der Waals surface area contributed by atoms with Crippen molar-refractivity contribution in [2.75, 3.05) is 6.54 Å². The predicted molar refractivity (Wildman–Crippen MR) is 78.5 cm³/mol. The minimum absolute atomic E-state index is 0.0888. The van der Waals surface area contributed by atoms with Crippen molar-refractivity contribution >= 4 is 0 Å². The zero-order chi connectivity index (χ0) is 15.4. The average Bonchev–Trinajstić information content (AvgIpc) is 2.45. The van der Waals surface area contributed by atoms with E-state index >= 15 is 0 Å². The van der Waals surface area contributed by atoms with E-state index in [1.807, 2.05) is 6.92 Å². The van der Waals surface area contributed by atoms with Crippen LogP contribution in [0.5, 0.6) is 0 Å². The van der Waals surface area contributed by atoms with Crippen molar-refractivity contribution in [2.45, 2.75) is 26.8 Å². The van der Waals surface area contributed by atoms with E-state index in [1.54, 1.807) is 6.07 Å². The summed E-state index contributed by atoms with van der Waals surface area (Å²) in [6.07, 6.45) is 0.962. The van der Waals surface area contributed by atoms with Crippen molar-refractivity contribution in [3.8, 4) is 11.1 Å². The van der Waals surface area contributed by atoms with Crippen LogP contribution in [0.3, 0.4) is 0 Å². The van der Waals surface area contributed by atoms with Crippen LogP contribution in [0.25, 0.3) is 11.1 Å². The monoisotopic (exact) mass is 293 g/mol. The molecule has 0 aliphatic carbocycles. The fourth-order valence-electron chi connectivity index (χ4n) is 2.21. The molecule has 4 heteroatoms. The molecular weight excluding hydrogens is 275 g/mol. The highest BCUT2D eigenvalue weighted by atomic mass is 19.1. The van der Waals surface area contributed by atoms with Crippen LogP contribution in [0.2, 0.25) is 0 Å². The summed E-state index contributed by atoms with van der Waals surface area (Å²) in [5.41, 5.74) is 1.45. The van der Waals surface area contributed by atoms with Crippen LogP contribution in [0.4, 0.5) is 13.2 Å². The standard InChI is InChI=1S/C17H18F3N/c1-3-6-21-10-12-4-5-13(18)8-14(12)15-9-16(19)11(2)7-17(15)20/h4-5,7-9,21H,3,6,10H2,1-2H3. The van der Waals surface area contributed by atoms with Crippen LogP contribution >= 0.6 is 0 Å². The van der Waals surface area contributed by atoms with Gasteiger partial charge in [0.25, 0.3) is 0 Å². The number of halogens is 3. The Bertz CT molecular complexity index is 638. The first-order valence-electron chi connectivity index (χ1n) is 6.98. The highest BCUT2D eigenvalue weighted by molar-refractivity contribution is 5.68. The minimum Gasteiger partial charge on any atom is -0.313 e. The lowest BCUT2D eigenvalue weighted by atomic mass is 9.97. The lowest BCUT2D eigenvalue weighted by Crippen LogP contribution is -2.14. The number of benzene rings is 2. The van der Waals surface area contributed by atoms with Gasteiger partial charge >= 0.3 is 0 Å². The van der Waals surface area contributed by atoms with Gasteiger partial charge in [0.2, 0.25) is 0 Å². The lowest BCUT2D eigenvalue weighted by molar-refractivity contribution is 0.594. The molecule has 0 amide bonds. The first-order valence-corrected chi connectivity index (χ1v) is 6.98. The Labute approximate surface area is 122 Å². The zero-order valence-electron chi connectivity index (χ0n) is 12.1. The van der Waals surface area contributed by atoms with Crippen LogP contribution in [-0.4, -0.2) is 6.54 Å². The summed E-state index contributed by atoms with van der Waals surface area (Å²) in [5.74, 6) is -1.51. The van der Waals surface area contributed by atoms with E-state index in [0.29, 0.717) is 12.1 Å². The van der Waals surface area contributed by atoms with E-state index in [0.717, 1.165) is 30.7 Å². The van der Waals surface area contributed by atoms with E-state index in [-0.39, 0.29) is 11.1 Å². The lowest BCUT2D eigenvalue weighted by Gasteiger charge is -2.12. The summed E-state index contributed by atoms with van der Waals surface area (Å²) in [6, 6.07) is 6.44. The Morgan fingerprint density at radius 2 is 1.71 bits per heavy atom. The molecule has 0 aromatic heterocycles. The molecule has 2 aromatic carbocycles. The molecule has 1 nitrogen and oxygen atoms in total. The fraction of sp³-hybridized carbons (Fsp3) is 0.294. The molecule has 21 heavy (non-hydrogen) atoms. The number of hydrogen-bond acceptors (Lipinski definition) is 1. The molecule has 0 spiro atoms. The Balaban J connectivity index is 2.46. The van der Waals surface area contributed by atoms with Crippen LogP contribution < -0.4 is 5.32 Å². The molecule has 0 heterocycles. The van der Waals surface area contributed by atoms with Crippen molar-refractivity contribution in [1.82, 2.24) is 5.32 Å². The second-order valence-electron chi connectivity index (χ2n) is 5.06. The second kappa shape index (κ2) is 6.76. The first kappa shape index (κ1) is 15.6. The van der Waals surface area contributed by atoms with Crippen molar-refractivity contribution in [3.63, 3.8) is 0 Å². The molecule has 0 saturated heterocycles. The van der Waals surface area contributed by atoms with Crippen molar-refractivity contribution in [1.29, 1.82) is 0 Å². The SMILES string of the molecule is CCCNCc1ccc(F)cc1-c1cc(F)c(C)cc1F. The predicted octanol–water partition coefficient (Wildman–Crippen LogP) is 4.58.